The van der Waals surface area contributed by atoms with Gasteiger partial charge in [-0.05, 0) is 26.2 Å². The molecule has 0 radical (unpaired) electrons. The lowest BCUT2D eigenvalue weighted by molar-refractivity contribution is 0.102. The molecule has 5 atom stereocenters. The van der Waals surface area contributed by atoms with E-state index in [4.69, 9.17) is 74.3 Å². The van der Waals surface area contributed by atoms with Crippen LogP contribution in [0.1, 0.15) is 32.6 Å². The molecule has 0 spiro atoms. The molecule has 0 aromatic rings. The van der Waals surface area contributed by atoms with Crippen LogP contribution in [0.2, 0.25) is 0 Å². The van der Waals surface area contributed by atoms with Crippen LogP contribution < -0.4 is 0 Å². The average Bonchev–Trinajstić information content (AvgIpc) is 2.35. The predicted octanol–water partition coefficient (Wildman–Crippen LogP) is 5.82. The Hall–Kier alpha value is 1.70. The van der Waals surface area contributed by atoms with Gasteiger partial charge in [-0.3, -0.25) is 0 Å². The third kappa shape index (κ3) is 11.0. The fraction of sp³-hybridized carbons (Fsp3) is 1.00. The highest BCUT2D eigenvalue weighted by molar-refractivity contribution is 6.34. The van der Waals surface area contributed by atoms with Crippen LogP contribution in [0.4, 0.5) is 0 Å². The van der Waals surface area contributed by atoms with E-state index < -0.39 is 0 Å². The lowest BCUT2D eigenvalue weighted by atomic mass is 10.1. The highest BCUT2D eigenvalue weighted by atomic mass is 35.5. The van der Waals surface area contributed by atoms with E-state index in [1.807, 2.05) is 6.92 Å². The highest BCUT2D eigenvalue weighted by Gasteiger charge is 2.22. The maximum atomic E-state index is 6.19. The van der Waals surface area contributed by atoms with Gasteiger partial charge in [0, 0.05) is 29.7 Å². The van der Waals surface area contributed by atoms with E-state index in [1.165, 1.54) is 0 Å². The van der Waals surface area contributed by atoms with Crippen LogP contribution in [-0.2, 0) is 4.74 Å². The molecule has 0 bridgehead atoms. The third-order valence-corrected chi connectivity index (χ3v) is 5.31. The Labute approximate surface area is 146 Å². The van der Waals surface area contributed by atoms with E-state index in [1.54, 1.807) is 0 Å². The van der Waals surface area contributed by atoms with Crippen molar-refractivity contribution in [1.29, 1.82) is 0 Å². The topological polar surface area (TPSA) is 9.23 Å². The first-order valence-corrected chi connectivity index (χ1v) is 8.98. The summed E-state index contributed by atoms with van der Waals surface area (Å²) in [5, 5.41) is -0.586. The zero-order valence-electron chi connectivity index (χ0n) is 10.8. The van der Waals surface area contributed by atoms with E-state index in [2.05, 4.69) is 0 Å². The average molecular weight is 393 g/mol. The van der Waals surface area contributed by atoms with Crippen LogP contribution in [0.15, 0.2) is 0 Å². The first kappa shape index (κ1) is 20.7. The van der Waals surface area contributed by atoms with E-state index in [0.717, 1.165) is 19.3 Å². The van der Waals surface area contributed by atoms with Crippen molar-refractivity contribution in [2.75, 3.05) is 12.5 Å². The van der Waals surface area contributed by atoms with Gasteiger partial charge in [-0.15, -0.1) is 58.0 Å². The van der Waals surface area contributed by atoms with Crippen LogP contribution in [0.25, 0.3) is 0 Å². The maximum absolute atomic E-state index is 6.19. The minimum atomic E-state index is -0.341. The molecule has 1 nitrogen and oxygen atoms in total. The van der Waals surface area contributed by atoms with Gasteiger partial charge in [-0.25, -0.2) is 0 Å². The molecule has 0 aromatic heterocycles. The van der Waals surface area contributed by atoms with Crippen LogP contribution in [0.3, 0.4) is 0 Å². The fourth-order valence-electron chi connectivity index (χ4n) is 1.42. The number of halogens is 6. The Bertz CT molecular complexity index is 216. The van der Waals surface area contributed by atoms with Crippen molar-refractivity contribution in [2.24, 2.45) is 0 Å². The molecule has 0 aromatic carbocycles. The molecule has 0 N–H and O–H groups in total. The molecule has 116 valence electrons. The summed E-state index contributed by atoms with van der Waals surface area (Å²) in [5.41, 5.74) is -0.341. The summed E-state index contributed by atoms with van der Waals surface area (Å²) in [6.45, 7) is 2.35. The zero-order valence-corrected chi connectivity index (χ0v) is 15.3. The van der Waals surface area contributed by atoms with E-state index in [0.29, 0.717) is 18.9 Å². The van der Waals surface area contributed by atoms with Gasteiger partial charge < -0.3 is 4.74 Å². The van der Waals surface area contributed by atoms with Crippen LogP contribution in [0, 0.1) is 0 Å². The van der Waals surface area contributed by atoms with Crippen molar-refractivity contribution >= 4 is 69.6 Å². The summed E-state index contributed by atoms with van der Waals surface area (Å²) < 4.78 is 5.36. The summed E-state index contributed by atoms with van der Waals surface area (Å²) >= 11 is 35.7. The molecule has 19 heavy (non-hydrogen) atoms. The minimum absolute atomic E-state index is 0.00406. The number of rotatable bonds is 11. The van der Waals surface area contributed by atoms with Gasteiger partial charge in [-0.2, -0.15) is 0 Å². The van der Waals surface area contributed by atoms with E-state index in [9.17, 15) is 0 Å². The predicted molar refractivity (Wildman–Crippen MR) is 89.0 cm³/mol. The van der Waals surface area contributed by atoms with Crippen molar-refractivity contribution < 1.29 is 4.74 Å². The highest BCUT2D eigenvalue weighted by Crippen LogP contribution is 2.24. The molecular formula is C12H20Cl6O. The van der Waals surface area contributed by atoms with Gasteiger partial charge >= 0.3 is 0 Å². The van der Waals surface area contributed by atoms with Gasteiger partial charge in [0.05, 0.1) is 10.8 Å². The van der Waals surface area contributed by atoms with Crippen LogP contribution in [0.5, 0.6) is 0 Å². The van der Waals surface area contributed by atoms with Crippen LogP contribution >= 0.6 is 69.6 Å². The Kier molecular flexibility index (Phi) is 13.4. The van der Waals surface area contributed by atoms with Crippen molar-refractivity contribution in [3.05, 3.63) is 0 Å². The molecule has 0 amide bonds. The lowest BCUT2D eigenvalue weighted by Gasteiger charge is -2.19. The molecule has 0 rings (SSSR count). The Morgan fingerprint density at radius 1 is 0.895 bits per heavy atom. The molecule has 0 aliphatic rings. The summed E-state index contributed by atoms with van der Waals surface area (Å²) in [5.74, 6) is 0.486. The zero-order chi connectivity index (χ0) is 14.8. The van der Waals surface area contributed by atoms with Gasteiger partial charge in [0.2, 0.25) is 0 Å². The largest absolute Gasteiger partial charge is 0.362 e. The number of ether oxygens (including phenoxy) is 1. The lowest BCUT2D eigenvalue weighted by Crippen LogP contribution is -2.24. The molecule has 0 fully saturated rings. The quantitative estimate of drug-likeness (QED) is 0.403. The maximum Gasteiger partial charge on any atom is 0.132 e. The second-order valence-electron chi connectivity index (χ2n) is 4.36. The number of hydrogen-bond donors (Lipinski definition) is 0. The first-order valence-electron chi connectivity index (χ1n) is 6.26. The normalized spacial score (nSPS) is 19.7. The minimum Gasteiger partial charge on any atom is -0.362 e. The second kappa shape index (κ2) is 12.3. The van der Waals surface area contributed by atoms with Gasteiger partial charge in [0.1, 0.15) is 5.56 Å². The van der Waals surface area contributed by atoms with E-state index in [-0.39, 0.29) is 27.1 Å². The standard InChI is InChI=1S/C12H20Cl6O/c1-8(14)12(18)10(16)3-2-9(15)5-7-19-11(17)4-6-13/h8-12H,2-7H2,1H3. The second-order valence-corrected chi connectivity index (χ2v) is 7.59. The molecule has 7 heteroatoms. The molecular weight excluding hydrogens is 373 g/mol. The fourth-order valence-corrected chi connectivity index (χ4v) is 2.87. The Morgan fingerprint density at radius 3 is 2.05 bits per heavy atom. The summed E-state index contributed by atoms with van der Waals surface area (Å²) in [7, 11) is 0. The van der Waals surface area contributed by atoms with Gasteiger partial charge in [0.15, 0.2) is 0 Å². The van der Waals surface area contributed by atoms with Crippen LogP contribution in [-0.4, -0.2) is 39.6 Å². The molecule has 5 unspecified atom stereocenters. The monoisotopic (exact) mass is 390 g/mol. The molecule has 0 aliphatic heterocycles. The van der Waals surface area contributed by atoms with Crippen molar-refractivity contribution in [1.82, 2.24) is 0 Å². The molecule has 0 aliphatic carbocycles. The van der Waals surface area contributed by atoms with E-state index >= 15 is 0 Å². The molecule has 0 saturated carbocycles. The molecule has 0 heterocycles. The number of hydrogen-bond acceptors (Lipinski definition) is 1. The first-order chi connectivity index (χ1) is 8.88. The van der Waals surface area contributed by atoms with Crippen molar-refractivity contribution in [2.45, 2.75) is 59.7 Å². The third-order valence-electron chi connectivity index (χ3n) is 2.61. The summed E-state index contributed by atoms with van der Waals surface area (Å²) in [6.07, 6.45) is 2.85. The summed E-state index contributed by atoms with van der Waals surface area (Å²) in [4.78, 5) is 0. The Balaban J connectivity index is 3.66. The Morgan fingerprint density at radius 2 is 1.53 bits per heavy atom. The number of alkyl halides is 6. The summed E-state index contributed by atoms with van der Waals surface area (Å²) in [6, 6.07) is 0. The smallest absolute Gasteiger partial charge is 0.132 e. The molecule has 0 saturated heterocycles. The van der Waals surface area contributed by atoms with Gasteiger partial charge in [-0.1, -0.05) is 11.6 Å². The SMILES string of the molecule is CC(Cl)C(Cl)C(Cl)CCC(Cl)CCOC(Cl)CCCl. The van der Waals surface area contributed by atoms with Crippen molar-refractivity contribution in [3.8, 4) is 0 Å². The van der Waals surface area contributed by atoms with Gasteiger partial charge in [0.25, 0.3) is 0 Å². The van der Waals surface area contributed by atoms with Crippen molar-refractivity contribution in [3.63, 3.8) is 0 Å².